The summed E-state index contributed by atoms with van der Waals surface area (Å²) in [7, 11) is -3.66. The molecule has 1 heterocycles. The molecule has 0 unspecified atom stereocenters. The summed E-state index contributed by atoms with van der Waals surface area (Å²) in [5, 5.41) is 14.4. The normalized spacial score (nSPS) is 25.0. The van der Waals surface area contributed by atoms with Crippen LogP contribution in [0.15, 0.2) is 59.6 Å². The molecule has 1 amide bonds. The molecule has 0 radical (unpaired) electrons. The molecule has 3 atom stereocenters. The summed E-state index contributed by atoms with van der Waals surface area (Å²) in [6.07, 6.45) is 8.78. The number of anilines is 1. The smallest absolute Gasteiger partial charge is 0.329 e. The molecular formula is C39H48ClN3O6S. The van der Waals surface area contributed by atoms with Crippen molar-refractivity contribution < 1.29 is 27.9 Å². The van der Waals surface area contributed by atoms with Crippen molar-refractivity contribution in [3.05, 3.63) is 82.1 Å². The summed E-state index contributed by atoms with van der Waals surface area (Å²) in [5.41, 5.74) is 8.82. The number of aryl methyl sites for hydroxylation is 1. The van der Waals surface area contributed by atoms with E-state index in [-0.39, 0.29) is 35.3 Å². The number of carboxylic acid groups (broad SMARTS) is 1. The van der Waals surface area contributed by atoms with Crippen LogP contribution in [0, 0.1) is 11.8 Å². The van der Waals surface area contributed by atoms with Crippen molar-refractivity contribution in [2.24, 2.45) is 17.6 Å². The van der Waals surface area contributed by atoms with Gasteiger partial charge in [0.2, 0.25) is 5.91 Å². The van der Waals surface area contributed by atoms with Crippen LogP contribution in [0.4, 0.5) is 5.69 Å². The van der Waals surface area contributed by atoms with Crippen LogP contribution in [0.1, 0.15) is 99.9 Å². The molecule has 50 heavy (non-hydrogen) atoms. The zero-order valence-corrected chi connectivity index (χ0v) is 30.5. The lowest BCUT2D eigenvalue weighted by molar-refractivity contribution is -0.144. The Balaban J connectivity index is 1.27. The molecule has 3 aromatic rings. The van der Waals surface area contributed by atoms with Gasteiger partial charge in [-0.15, -0.1) is 0 Å². The highest BCUT2D eigenvalue weighted by atomic mass is 35.5. The minimum atomic E-state index is -3.66. The van der Waals surface area contributed by atoms with Crippen molar-refractivity contribution >= 4 is 39.0 Å². The zero-order chi connectivity index (χ0) is 35.7. The van der Waals surface area contributed by atoms with Crippen molar-refractivity contribution in [3.8, 4) is 5.75 Å². The summed E-state index contributed by atoms with van der Waals surface area (Å²) in [4.78, 5) is 29.1. The molecule has 9 nitrogen and oxygen atoms in total. The van der Waals surface area contributed by atoms with Crippen LogP contribution in [0.25, 0.3) is 0 Å². The molecule has 1 aromatic heterocycles. The minimum Gasteiger partial charge on any atom is -0.493 e. The fraction of sp³-hybridized carbons (Fsp3) is 0.513. The van der Waals surface area contributed by atoms with Crippen LogP contribution < -0.4 is 15.8 Å². The highest BCUT2D eigenvalue weighted by Gasteiger charge is 2.54. The Morgan fingerprint density at radius 2 is 1.92 bits per heavy atom. The van der Waals surface area contributed by atoms with E-state index in [1.54, 1.807) is 24.3 Å². The number of rotatable bonds is 13. The number of hydrogen-bond donors (Lipinski definition) is 3. The number of primary amides is 1. The van der Waals surface area contributed by atoms with Crippen molar-refractivity contribution in [3.63, 3.8) is 0 Å². The Hall–Kier alpha value is -3.63. The number of amides is 1. The van der Waals surface area contributed by atoms with E-state index in [2.05, 4.69) is 24.1 Å². The summed E-state index contributed by atoms with van der Waals surface area (Å²) in [6, 6.07) is 14.5. The van der Waals surface area contributed by atoms with Crippen LogP contribution in [-0.4, -0.2) is 48.3 Å². The molecule has 1 spiro atoms. The monoisotopic (exact) mass is 721 g/mol. The maximum absolute atomic E-state index is 13.4. The van der Waals surface area contributed by atoms with E-state index in [1.807, 2.05) is 30.5 Å². The number of carbonyl (C=O) groups is 2. The number of carboxylic acids is 1. The number of carbonyl (C=O) groups excluding carboxylic acids is 1. The number of benzene rings is 2. The SMILES string of the molecule is C[C@@H](COc1ccnc2c1[C@H](C)CCC2)C[C@H]1Cc2ccc(S(=O)(=O)CCCC(N)=O)cc2C12CCC(Nc1cccc(Cl)c1)(C(=O)O)CC2. The standard InChI is InChI=1S/C39H48ClN3O6S/c1-25(24-49-34-13-18-42-33-9-3-6-26(2)36(33)34)20-28-21-27-11-12-31(50(47,48)19-5-10-35(41)44)23-32(27)38(28)14-16-39(17-15-38,37(45)46)43-30-8-4-7-29(40)22-30/h4,7-8,11-13,18,22-23,25-26,28,43H,3,5-6,9-10,14-17,19-21,24H2,1-2H3,(H2,41,44)(H,45,46)/t25-,26-,28+,38?,39?/m1/s1. The molecular weight excluding hydrogens is 674 g/mol. The molecule has 6 rings (SSSR count). The van der Waals surface area contributed by atoms with Gasteiger partial charge in [-0.05, 0) is 135 Å². The third-order valence-electron chi connectivity index (χ3n) is 11.5. The summed E-state index contributed by atoms with van der Waals surface area (Å²) < 4.78 is 33.4. The fourth-order valence-electron chi connectivity index (χ4n) is 8.82. The number of nitrogens with zero attached hydrogens (tertiary/aromatic N) is 1. The third kappa shape index (κ3) is 7.38. The first-order valence-electron chi connectivity index (χ1n) is 17.8. The highest BCUT2D eigenvalue weighted by Crippen LogP contribution is 2.56. The number of nitrogens with one attached hydrogen (secondary N) is 1. The number of aliphatic carboxylic acids is 1. The third-order valence-corrected chi connectivity index (χ3v) is 13.5. The quantitative estimate of drug-likeness (QED) is 0.167. The van der Waals surface area contributed by atoms with Crippen LogP contribution >= 0.6 is 11.6 Å². The minimum absolute atomic E-state index is 0.00819. The van der Waals surface area contributed by atoms with Gasteiger partial charge in [-0.25, -0.2) is 13.2 Å². The first-order valence-corrected chi connectivity index (χ1v) is 19.9. The molecule has 3 aliphatic rings. The van der Waals surface area contributed by atoms with Crippen LogP contribution in [0.5, 0.6) is 5.75 Å². The number of halogens is 1. The van der Waals surface area contributed by atoms with Gasteiger partial charge >= 0.3 is 5.97 Å². The molecule has 1 fully saturated rings. The highest BCUT2D eigenvalue weighted by molar-refractivity contribution is 7.91. The number of sulfone groups is 1. The van der Waals surface area contributed by atoms with Gasteiger partial charge in [-0.3, -0.25) is 9.78 Å². The molecule has 4 N–H and O–H groups in total. The van der Waals surface area contributed by atoms with Gasteiger partial charge in [-0.1, -0.05) is 37.6 Å². The molecule has 1 saturated carbocycles. The molecule has 268 valence electrons. The van der Waals surface area contributed by atoms with Gasteiger partial charge in [0, 0.05) is 34.6 Å². The second-order valence-corrected chi connectivity index (χ2v) is 17.4. The molecule has 3 aliphatic carbocycles. The average Bonchev–Trinajstić information content (AvgIpc) is 3.36. The van der Waals surface area contributed by atoms with E-state index in [4.69, 9.17) is 22.1 Å². The van der Waals surface area contributed by atoms with Crippen molar-refractivity contribution in [1.29, 1.82) is 0 Å². The maximum Gasteiger partial charge on any atom is 0.329 e. The first-order chi connectivity index (χ1) is 23.8. The van der Waals surface area contributed by atoms with Gasteiger partial charge in [0.25, 0.3) is 0 Å². The Labute approximate surface area is 300 Å². The number of fused-ring (bicyclic) bond motifs is 3. The molecule has 2 aromatic carbocycles. The lowest BCUT2D eigenvalue weighted by Crippen LogP contribution is -2.53. The predicted octanol–water partition coefficient (Wildman–Crippen LogP) is 7.24. The summed E-state index contributed by atoms with van der Waals surface area (Å²) in [5.74, 6) is 0.0912. The van der Waals surface area contributed by atoms with Crippen LogP contribution in [0.2, 0.25) is 5.02 Å². The molecule has 0 saturated heterocycles. The lowest BCUT2D eigenvalue weighted by atomic mass is 9.59. The topological polar surface area (TPSA) is 149 Å². The molecule has 0 aliphatic heterocycles. The van der Waals surface area contributed by atoms with Gasteiger partial charge in [-0.2, -0.15) is 0 Å². The van der Waals surface area contributed by atoms with E-state index in [0.29, 0.717) is 48.9 Å². The lowest BCUT2D eigenvalue weighted by Gasteiger charge is -2.47. The summed E-state index contributed by atoms with van der Waals surface area (Å²) in [6.45, 7) is 4.98. The van der Waals surface area contributed by atoms with E-state index in [1.165, 1.54) is 5.56 Å². The largest absolute Gasteiger partial charge is 0.493 e. The van der Waals surface area contributed by atoms with E-state index in [9.17, 15) is 23.1 Å². The van der Waals surface area contributed by atoms with E-state index in [0.717, 1.165) is 54.7 Å². The second-order valence-electron chi connectivity index (χ2n) is 14.9. The van der Waals surface area contributed by atoms with Gasteiger partial charge in [0.1, 0.15) is 11.3 Å². The predicted molar refractivity (Wildman–Crippen MR) is 195 cm³/mol. The van der Waals surface area contributed by atoms with Crippen molar-refractivity contribution in [2.75, 3.05) is 17.7 Å². The van der Waals surface area contributed by atoms with E-state index < -0.39 is 32.7 Å². The Morgan fingerprint density at radius 1 is 1.14 bits per heavy atom. The van der Waals surface area contributed by atoms with Crippen molar-refractivity contribution in [1.82, 2.24) is 4.98 Å². The molecule has 0 bridgehead atoms. The second kappa shape index (κ2) is 14.5. The Morgan fingerprint density at radius 3 is 2.64 bits per heavy atom. The zero-order valence-electron chi connectivity index (χ0n) is 28.9. The number of ether oxygens (including phenoxy) is 1. The van der Waals surface area contributed by atoms with E-state index >= 15 is 0 Å². The van der Waals surface area contributed by atoms with Crippen LogP contribution in [-0.2, 0) is 37.7 Å². The average molecular weight is 722 g/mol. The molecule has 11 heteroatoms. The maximum atomic E-state index is 13.4. The number of pyridine rings is 1. The number of aromatic nitrogens is 1. The first kappa shape index (κ1) is 36.2. The number of nitrogens with two attached hydrogens (primary N) is 1. The Kier molecular flexibility index (Phi) is 10.5. The summed E-state index contributed by atoms with van der Waals surface area (Å²) >= 11 is 6.24. The van der Waals surface area contributed by atoms with Crippen molar-refractivity contribution in [2.45, 2.75) is 106 Å². The van der Waals surface area contributed by atoms with Crippen LogP contribution in [0.3, 0.4) is 0 Å². The van der Waals surface area contributed by atoms with Gasteiger partial charge in [0.05, 0.1) is 17.3 Å². The Bertz CT molecular complexity index is 1860. The van der Waals surface area contributed by atoms with Gasteiger partial charge < -0.3 is 20.9 Å². The fourth-order valence-corrected chi connectivity index (χ4v) is 10.3. The number of hydrogen-bond acceptors (Lipinski definition) is 7. The van der Waals surface area contributed by atoms with Gasteiger partial charge in [0.15, 0.2) is 9.84 Å².